The number of hydrogen-bond acceptors (Lipinski definition) is 27. The number of halogens is 7. The van der Waals surface area contributed by atoms with E-state index >= 15 is 0 Å². The van der Waals surface area contributed by atoms with Crippen molar-refractivity contribution in [3.05, 3.63) is 261 Å². The fraction of sp³-hybridized carbons (Fsp3) is 0.167. The summed E-state index contributed by atoms with van der Waals surface area (Å²) in [5.41, 5.74) is 5.87. The van der Waals surface area contributed by atoms with Gasteiger partial charge in [-0.05, 0) is 146 Å². The molecule has 5 aromatic heterocycles. The third-order valence-corrected chi connectivity index (χ3v) is 13.8. The van der Waals surface area contributed by atoms with Crippen molar-refractivity contribution in [2.75, 3.05) is 90.7 Å². The molecule has 0 aliphatic heterocycles. The second-order valence-electron chi connectivity index (χ2n) is 20.5. The number of carbonyl (C=O) groups excluding carboxylic acids is 7. The average molecular weight is 1610 g/mol. The molecular weight excluding hydrogens is 1540 g/mol. The van der Waals surface area contributed by atoms with Gasteiger partial charge in [-0.25, -0.2) is 83.3 Å². The van der Waals surface area contributed by atoms with Crippen LogP contribution in [0.5, 0.6) is 23.5 Å². The number of H-pyrrole nitrogens is 1. The standard InChI is InChI=1S/4C12H11FN2O3.C11H9FN2O3.C7H10O5.C6H7FN2.ClH.Na.H2O/c2*1-17-11-10(12(16)18-2)7-15(14-11)9-5-3-8(13)4-6-9;2*1-17-11-10(12(16)18-2)7-14-15(11)9-5-3-8(13)4-6-9;1-17-11(16)9-6-13-14(10(9)15)8-4-2-7(12)3-5-8;1-10-4-5(6(8)11-2)7(9)12-3;7-5-1-3-6(9-8)4-2-5;;;/h4*3-7H,1-2H3;2-6,13H,1H3;4H,1-3H3;1-4,9H,8H2;1H;;1H2/q;;;;;;;;+1;/p-1. The second kappa shape index (κ2) is 48.3. The Hall–Kier alpha value is -13.2. The fourth-order valence-electron chi connectivity index (χ4n) is 8.54. The van der Waals surface area contributed by atoms with E-state index in [0.29, 0.717) is 34.1 Å². The molecule has 0 aliphatic carbocycles. The summed E-state index contributed by atoms with van der Waals surface area (Å²) >= 11 is 0. The first kappa shape index (κ1) is 95.9. The third kappa shape index (κ3) is 27.1. The van der Waals surface area contributed by atoms with Crippen LogP contribution < -0.4 is 65.3 Å². The average Bonchev–Trinajstić information content (AvgIpc) is 1.73. The van der Waals surface area contributed by atoms with Gasteiger partial charge in [0.2, 0.25) is 23.5 Å². The van der Waals surface area contributed by atoms with E-state index in [9.17, 15) is 64.7 Å². The van der Waals surface area contributed by atoms with E-state index < -0.39 is 53.2 Å². The van der Waals surface area contributed by atoms with Gasteiger partial charge in [-0.2, -0.15) is 10.2 Å². The molecule has 0 aliphatic rings. The predicted octanol–water partition coefficient (Wildman–Crippen LogP) is 6.54. The molecule has 0 atom stereocenters. The molecule has 0 amide bonds. The van der Waals surface area contributed by atoms with Gasteiger partial charge in [-0.15, -0.1) is 22.6 Å². The number of nitrogen functional groups attached to an aromatic ring is 1. The zero-order valence-corrected chi connectivity index (χ0v) is 65.0. The summed E-state index contributed by atoms with van der Waals surface area (Å²) in [6, 6.07) is 33.8. The third-order valence-electron chi connectivity index (χ3n) is 13.8. The normalized spacial score (nSPS) is 9.62. The van der Waals surface area contributed by atoms with Gasteiger partial charge in [-0.3, -0.25) is 15.7 Å². The maximum Gasteiger partial charge on any atom is 1.00 e. The topological polar surface area (TPSA) is 407 Å². The molecule has 0 fully saturated rings. The van der Waals surface area contributed by atoms with Gasteiger partial charge < -0.3 is 67.7 Å². The molecule has 0 spiro atoms. The number of nitrogens with two attached hydrogens (primary N) is 1. The molecule has 0 radical (unpaired) electrons. The molecule has 0 saturated heterocycles. The molecule has 11 rings (SSSR count). The fourth-order valence-corrected chi connectivity index (χ4v) is 8.54. The predicted molar refractivity (Wildman–Crippen MR) is 386 cm³/mol. The number of carbonyl (C=O) groups is 7. The zero-order valence-electron chi connectivity index (χ0n) is 62.2. The molecule has 0 saturated carbocycles. The first-order valence-corrected chi connectivity index (χ1v) is 30.9. The SMILES string of the molecule is COC(=O)c1c[nH]n(-c2ccc(F)cc2)c1=O.COC(=O)c1cn(-c2ccc(F)cc2)nc1OC.COC(=O)c1cn(-c2ccc(F)cc2)nc1OC.COC(=O)c1cnn(-c2ccc(F)cc2)c1OC.COC(=O)c1cnn(-c2ccc(F)cc2)c1OC.COC=C(C(=O)OC)C(=O)OC.Cl.NNc1ccc(F)cc1.[Na+].[OH-]. The number of methoxy groups -OCH3 is 12. The number of esters is 7. The molecule has 0 unspecified atom stereocenters. The van der Waals surface area contributed by atoms with Gasteiger partial charge in [0.05, 0.1) is 126 Å². The summed E-state index contributed by atoms with van der Waals surface area (Å²) in [5.74, 6) is -0.664. The van der Waals surface area contributed by atoms with Gasteiger partial charge in [0.25, 0.3) is 5.56 Å². The van der Waals surface area contributed by atoms with Crippen molar-refractivity contribution >= 4 is 59.9 Å². The maximum atomic E-state index is 12.8. The Morgan fingerprint density at radius 2 is 0.699 bits per heavy atom. The van der Waals surface area contributed by atoms with Crippen LogP contribution in [0.3, 0.4) is 0 Å². The van der Waals surface area contributed by atoms with E-state index in [4.69, 9.17) is 24.8 Å². The number of hydrazine groups is 1. The van der Waals surface area contributed by atoms with Crippen LogP contribution in [0, 0.1) is 34.9 Å². The number of aromatic nitrogens is 10. The molecule has 5 heterocycles. The minimum atomic E-state index is -0.788. The van der Waals surface area contributed by atoms with Crippen molar-refractivity contribution in [2.24, 2.45) is 5.84 Å². The van der Waals surface area contributed by atoms with Crippen LogP contribution in [0.25, 0.3) is 28.4 Å². The van der Waals surface area contributed by atoms with Crippen molar-refractivity contribution in [3.63, 3.8) is 0 Å². The van der Waals surface area contributed by atoms with Crippen molar-refractivity contribution in [3.8, 4) is 52.0 Å². The van der Waals surface area contributed by atoms with Gasteiger partial charge in [0.1, 0.15) is 69.0 Å². The monoisotopic (exact) mass is 1610 g/mol. The molecule has 113 heavy (non-hydrogen) atoms. The molecule has 41 heteroatoms. The minimum absolute atomic E-state index is 0. The summed E-state index contributed by atoms with van der Waals surface area (Å²) in [6.45, 7) is 0. The van der Waals surface area contributed by atoms with Gasteiger partial charge in [0.15, 0.2) is 5.57 Å². The Bertz CT molecular complexity index is 4700. The van der Waals surface area contributed by atoms with Crippen molar-refractivity contribution in [1.82, 2.24) is 48.9 Å². The molecule has 33 nitrogen and oxygen atoms in total. The number of benzene rings is 6. The van der Waals surface area contributed by atoms with E-state index in [0.717, 1.165) is 25.2 Å². The van der Waals surface area contributed by atoms with Gasteiger partial charge >= 0.3 is 71.3 Å². The van der Waals surface area contributed by atoms with Crippen molar-refractivity contribution in [2.45, 2.75) is 0 Å². The zero-order chi connectivity index (χ0) is 81.1. The van der Waals surface area contributed by atoms with Crippen LogP contribution in [0.2, 0.25) is 0 Å². The Balaban J connectivity index is 0.000000450. The molecule has 6 aromatic carbocycles. The number of rotatable bonds is 18. The van der Waals surface area contributed by atoms with Crippen LogP contribution in [0.4, 0.5) is 32.0 Å². The Labute approximate surface area is 667 Å². The summed E-state index contributed by atoms with van der Waals surface area (Å²) < 4.78 is 139. The van der Waals surface area contributed by atoms with E-state index in [1.165, 1.54) is 230 Å². The number of nitrogens with one attached hydrogen (secondary N) is 2. The number of hydrogen-bond donors (Lipinski definition) is 3. The number of anilines is 1. The van der Waals surface area contributed by atoms with Crippen molar-refractivity contribution in [1.29, 1.82) is 0 Å². The summed E-state index contributed by atoms with van der Waals surface area (Å²) in [6.07, 6.45) is 7.84. The molecule has 596 valence electrons. The summed E-state index contributed by atoms with van der Waals surface area (Å²) in [5, 5.41) is 18.8. The van der Waals surface area contributed by atoms with Crippen LogP contribution in [-0.4, -0.2) is 181 Å². The Kier molecular flexibility index (Phi) is 41.0. The van der Waals surface area contributed by atoms with Crippen LogP contribution >= 0.6 is 12.4 Å². The molecule has 11 aromatic rings. The van der Waals surface area contributed by atoms with E-state index in [1.807, 2.05) is 0 Å². The maximum absolute atomic E-state index is 12.8. The smallest absolute Gasteiger partial charge is 0.870 e. The Morgan fingerprint density at radius 1 is 0.407 bits per heavy atom. The first-order chi connectivity index (χ1) is 52.8. The second-order valence-corrected chi connectivity index (χ2v) is 20.5. The van der Waals surface area contributed by atoms with Crippen LogP contribution in [0.1, 0.15) is 51.8 Å². The first-order valence-electron chi connectivity index (χ1n) is 30.9. The van der Waals surface area contributed by atoms with Crippen molar-refractivity contribution < 1.29 is 152 Å². The summed E-state index contributed by atoms with van der Waals surface area (Å²) in [7, 11) is 15.6. The quantitative estimate of drug-likeness (QED) is 0.00784. The minimum Gasteiger partial charge on any atom is -0.870 e. The Morgan fingerprint density at radius 3 is 0.982 bits per heavy atom. The largest absolute Gasteiger partial charge is 1.00 e. The van der Waals surface area contributed by atoms with Crippen LogP contribution in [0.15, 0.2) is 193 Å². The summed E-state index contributed by atoms with van der Waals surface area (Å²) in [4.78, 5) is 90.6. The number of ether oxygens (including phenoxy) is 12. The number of nitrogens with zero attached hydrogens (tertiary/aromatic N) is 9. The van der Waals surface area contributed by atoms with E-state index in [2.05, 4.69) is 68.8 Å². The van der Waals surface area contributed by atoms with Crippen LogP contribution in [-0.2, 0) is 47.5 Å². The van der Waals surface area contributed by atoms with E-state index in [-0.39, 0.29) is 133 Å². The van der Waals surface area contributed by atoms with Gasteiger partial charge in [-0.1, -0.05) is 0 Å². The number of aromatic amines is 1. The molecule has 0 bridgehead atoms. The van der Waals surface area contributed by atoms with Gasteiger partial charge in [0, 0.05) is 24.3 Å². The van der Waals surface area contributed by atoms with E-state index in [1.54, 1.807) is 36.4 Å². The molecule has 5 N–H and O–H groups in total. The molecular formula is C72H72ClF6N12NaO21.